The summed E-state index contributed by atoms with van der Waals surface area (Å²) in [5, 5.41) is 7.45. The zero-order valence-electron chi connectivity index (χ0n) is 18.2. The standard InChI is InChI=1S/C23H26FN5O3/c1-3-8-25-20(30)14-28-9-11-29(12-10-28)23(31)18-13-19(16-4-6-17(24)7-5-16)26-22-21(18)15(2)27-32-22/h4-7,13H,3,8-12,14H2,1-2H3,(H,25,30). The smallest absolute Gasteiger partial charge is 0.259 e. The number of fused-ring (bicyclic) bond motifs is 1. The van der Waals surface area contributed by atoms with E-state index in [1.165, 1.54) is 12.1 Å². The van der Waals surface area contributed by atoms with Crippen LogP contribution in [-0.4, -0.2) is 71.0 Å². The highest BCUT2D eigenvalue weighted by atomic mass is 19.1. The fraction of sp³-hybridized carbons (Fsp3) is 0.391. The summed E-state index contributed by atoms with van der Waals surface area (Å²) in [6.07, 6.45) is 0.899. The molecule has 0 spiro atoms. The third-order valence-electron chi connectivity index (χ3n) is 5.59. The van der Waals surface area contributed by atoms with Crippen molar-refractivity contribution in [3.63, 3.8) is 0 Å². The molecule has 3 aromatic rings. The van der Waals surface area contributed by atoms with Crippen LogP contribution in [-0.2, 0) is 4.79 Å². The van der Waals surface area contributed by atoms with E-state index in [9.17, 15) is 14.0 Å². The van der Waals surface area contributed by atoms with E-state index in [2.05, 4.69) is 15.5 Å². The number of rotatable bonds is 6. The van der Waals surface area contributed by atoms with Crippen molar-refractivity contribution in [2.45, 2.75) is 20.3 Å². The van der Waals surface area contributed by atoms with Gasteiger partial charge >= 0.3 is 0 Å². The van der Waals surface area contributed by atoms with Crippen molar-refractivity contribution in [1.29, 1.82) is 0 Å². The molecule has 1 N–H and O–H groups in total. The number of aromatic nitrogens is 2. The summed E-state index contributed by atoms with van der Waals surface area (Å²) in [5.41, 5.74) is 2.52. The zero-order chi connectivity index (χ0) is 22.7. The summed E-state index contributed by atoms with van der Waals surface area (Å²) in [7, 11) is 0. The maximum Gasteiger partial charge on any atom is 0.259 e. The molecule has 1 aliphatic rings. The number of nitrogens with one attached hydrogen (secondary N) is 1. The Morgan fingerprint density at radius 2 is 1.88 bits per heavy atom. The second kappa shape index (κ2) is 9.44. The van der Waals surface area contributed by atoms with E-state index in [1.54, 1.807) is 30.0 Å². The van der Waals surface area contributed by atoms with Crippen LogP contribution in [0.2, 0.25) is 0 Å². The van der Waals surface area contributed by atoms with Gasteiger partial charge in [0.2, 0.25) is 5.91 Å². The molecule has 0 radical (unpaired) electrons. The molecular formula is C23H26FN5O3. The predicted molar refractivity (Wildman–Crippen MR) is 118 cm³/mol. The molecule has 0 bridgehead atoms. The first-order valence-electron chi connectivity index (χ1n) is 10.8. The van der Waals surface area contributed by atoms with E-state index in [4.69, 9.17) is 4.52 Å². The van der Waals surface area contributed by atoms with Gasteiger partial charge in [0.15, 0.2) is 0 Å². The molecule has 4 rings (SSSR count). The van der Waals surface area contributed by atoms with E-state index in [0.29, 0.717) is 67.2 Å². The highest BCUT2D eigenvalue weighted by Gasteiger charge is 2.27. The van der Waals surface area contributed by atoms with Crippen molar-refractivity contribution in [3.8, 4) is 11.3 Å². The monoisotopic (exact) mass is 439 g/mol. The number of carbonyl (C=O) groups excluding carboxylic acids is 2. The second-order valence-electron chi connectivity index (χ2n) is 7.93. The number of halogens is 1. The normalized spacial score (nSPS) is 14.7. The summed E-state index contributed by atoms with van der Waals surface area (Å²) in [6, 6.07) is 7.65. The van der Waals surface area contributed by atoms with Gasteiger partial charge in [-0.1, -0.05) is 12.1 Å². The van der Waals surface area contributed by atoms with Crippen LogP contribution in [0.15, 0.2) is 34.9 Å². The number of nitrogens with zero attached hydrogens (tertiary/aromatic N) is 4. The first-order chi connectivity index (χ1) is 15.5. The molecule has 0 unspecified atom stereocenters. The number of pyridine rings is 1. The van der Waals surface area contributed by atoms with Gasteiger partial charge in [0.1, 0.15) is 5.82 Å². The third-order valence-corrected chi connectivity index (χ3v) is 5.59. The van der Waals surface area contributed by atoms with Crippen molar-refractivity contribution in [2.24, 2.45) is 0 Å². The van der Waals surface area contributed by atoms with Crippen molar-refractivity contribution in [3.05, 3.63) is 47.4 Å². The van der Waals surface area contributed by atoms with Crippen molar-refractivity contribution in [1.82, 2.24) is 25.3 Å². The molecule has 9 heteroatoms. The number of hydrogen-bond donors (Lipinski definition) is 1. The Bertz CT molecular complexity index is 1120. The molecule has 0 aliphatic carbocycles. The van der Waals surface area contributed by atoms with Crippen LogP contribution in [0.3, 0.4) is 0 Å². The van der Waals surface area contributed by atoms with Gasteiger partial charge in [0.25, 0.3) is 11.6 Å². The Morgan fingerprint density at radius 3 is 2.56 bits per heavy atom. The molecule has 1 aliphatic heterocycles. The summed E-state index contributed by atoms with van der Waals surface area (Å²) >= 11 is 0. The van der Waals surface area contributed by atoms with E-state index in [-0.39, 0.29) is 23.3 Å². The topological polar surface area (TPSA) is 91.6 Å². The number of amides is 2. The number of piperazine rings is 1. The predicted octanol–water partition coefficient (Wildman–Crippen LogP) is 2.62. The van der Waals surface area contributed by atoms with Crippen molar-refractivity contribution >= 4 is 22.9 Å². The first-order valence-corrected chi connectivity index (χ1v) is 10.8. The number of aryl methyl sites for hydroxylation is 1. The average Bonchev–Trinajstić information content (AvgIpc) is 3.18. The molecule has 3 heterocycles. The summed E-state index contributed by atoms with van der Waals surface area (Å²) in [5.74, 6) is -0.475. The average molecular weight is 439 g/mol. The minimum atomic E-state index is -0.345. The lowest BCUT2D eigenvalue weighted by Gasteiger charge is -2.34. The van der Waals surface area contributed by atoms with E-state index >= 15 is 0 Å². The first kappa shape index (κ1) is 21.9. The van der Waals surface area contributed by atoms with Crippen LogP contribution in [0.5, 0.6) is 0 Å². The van der Waals surface area contributed by atoms with Gasteiger partial charge in [0, 0.05) is 38.3 Å². The molecule has 0 saturated carbocycles. The minimum absolute atomic E-state index is 0.00602. The van der Waals surface area contributed by atoms with Gasteiger partial charge in [-0.25, -0.2) is 9.37 Å². The molecule has 1 saturated heterocycles. The van der Waals surface area contributed by atoms with Gasteiger partial charge in [-0.15, -0.1) is 0 Å². The Labute approximate surface area is 185 Å². The van der Waals surface area contributed by atoms with E-state index < -0.39 is 0 Å². The summed E-state index contributed by atoms with van der Waals surface area (Å²) < 4.78 is 18.7. The quantitative estimate of drug-likeness (QED) is 0.635. The lowest BCUT2D eigenvalue weighted by atomic mass is 10.0. The lowest BCUT2D eigenvalue weighted by Crippen LogP contribution is -2.51. The maximum absolute atomic E-state index is 13.4. The van der Waals surface area contributed by atoms with Crippen molar-refractivity contribution < 1.29 is 18.5 Å². The highest BCUT2D eigenvalue weighted by Crippen LogP contribution is 2.28. The Kier molecular flexibility index (Phi) is 6.45. The Morgan fingerprint density at radius 1 is 1.16 bits per heavy atom. The molecule has 1 fully saturated rings. The number of carbonyl (C=O) groups is 2. The van der Waals surface area contributed by atoms with Gasteiger partial charge in [-0.2, -0.15) is 0 Å². The molecule has 32 heavy (non-hydrogen) atoms. The fourth-order valence-corrected chi connectivity index (χ4v) is 3.83. The lowest BCUT2D eigenvalue weighted by molar-refractivity contribution is -0.122. The number of benzene rings is 1. The van der Waals surface area contributed by atoms with Crippen LogP contribution < -0.4 is 5.32 Å². The van der Waals surface area contributed by atoms with Crippen LogP contribution in [0, 0.1) is 12.7 Å². The van der Waals surface area contributed by atoms with Gasteiger partial charge in [-0.05, 0) is 43.7 Å². The summed E-state index contributed by atoms with van der Waals surface area (Å²) in [4.78, 5) is 33.7. The van der Waals surface area contributed by atoms with Gasteiger partial charge in [0.05, 0.1) is 28.9 Å². The molecule has 8 nitrogen and oxygen atoms in total. The molecular weight excluding hydrogens is 413 g/mol. The van der Waals surface area contributed by atoms with Crippen LogP contribution >= 0.6 is 0 Å². The largest absolute Gasteiger partial charge is 0.355 e. The SMILES string of the molecule is CCCNC(=O)CN1CCN(C(=O)c2cc(-c3ccc(F)cc3)nc3onc(C)c23)CC1. The minimum Gasteiger partial charge on any atom is -0.355 e. The molecule has 168 valence electrons. The highest BCUT2D eigenvalue weighted by molar-refractivity contribution is 6.07. The zero-order valence-corrected chi connectivity index (χ0v) is 18.2. The van der Waals surface area contributed by atoms with Gasteiger partial charge < -0.3 is 14.7 Å². The van der Waals surface area contributed by atoms with Crippen LogP contribution in [0.25, 0.3) is 22.4 Å². The molecule has 0 atom stereocenters. The third kappa shape index (κ3) is 4.62. The Balaban J connectivity index is 1.54. The molecule has 2 amide bonds. The summed E-state index contributed by atoms with van der Waals surface area (Å²) in [6.45, 7) is 7.05. The molecule has 2 aromatic heterocycles. The second-order valence-corrected chi connectivity index (χ2v) is 7.93. The van der Waals surface area contributed by atoms with Crippen LogP contribution in [0.4, 0.5) is 4.39 Å². The fourth-order valence-electron chi connectivity index (χ4n) is 3.83. The van der Waals surface area contributed by atoms with Gasteiger partial charge in [-0.3, -0.25) is 14.5 Å². The van der Waals surface area contributed by atoms with Crippen molar-refractivity contribution in [2.75, 3.05) is 39.3 Å². The number of hydrogen-bond acceptors (Lipinski definition) is 6. The van der Waals surface area contributed by atoms with E-state index in [1.807, 2.05) is 11.8 Å². The Hall–Kier alpha value is -3.33. The molecule has 1 aromatic carbocycles. The van der Waals surface area contributed by atoms with E-state index in [0.717, 1.165) is 6.42 Å². The van der Waals surface area contributed by atoms with Crippen LogP contribution in [0.1, 0.15) is 29.4 Å². The maximum atomic E-state index is 13.4.